The van der Waals surface area contributed by atoms with E-state index in [-0.39, 0.29) is 16.6 Å². The van der Waals surface area contributed by atoms with Crippen LogP contribution in [0.3, 0.4) is 0 Å². The van der Waals surface area contributed by atoms with Crippen LogP contribution in [-0.4, -0.2) is 15.3 Å². The molecule has 29 heavy (non-hydrogen) atoms. The molecule has 2 bridgehead atoms. The van der Waals surface area contributed by atoms with Crippen LogP contribution in [0.15, 0.2) is 24.3 Å². The quantitative estimate of drug-likeness (QED) is 0.542. The summed E-state index contributed by atoms with van der Waals surface area (Å²) in [6.07, 6.45) is 5.01. The van der Waals surface area contributed by atoms with E-state index in [9.17, 15) is 4.39 Å². The monoisotopic (exact) mass is 412 g/mol. The fraction of sp³-hybridized carbons (Fsp3) is 0.565. The summed E-state index contributed by atoms with van der Waals surface area (Å²) in [6.45, 7) is 9.78. The Morgan fingerprint density at radius 1 is 1.17 bits per heavy atom. The first-order valence-corrected chi connectivity index (χ1v) is 11.0. The van der Waals surface area contributed by atoms with Crippen LogP contribution in [0.1, 0.15) is 64.1 Å². The number of nitrogens with one attached hydrogen (secondary N) is 3. The Morgan fingerprint density at radius 2 is 1.90 bits per heavy atom. The Bertz CT molecular complexity index is 977. The van der Waals surface area contributed by atoms with Crippen molar-refractivity contribution in [3.8, 4) is 0 Å². The van der Waals surface area contributed by atoms with Crippen molar-refractivity contribution in [3.63, 3.8) is 0 Å². The zero-order chi connectivity index (χ0) is 20.6. The van der Waals surface area contributed by atoms with Crippen LogP contribution in [0.25, 0.3) is 0 Å². The molecule has 1 aromatic heterocycles. The Hall–Kier alpha value is -1.95. The van der Waals surface area contributed by atoms with Crippen LogP contribution in [0.4, 0.5) is 15.9 Å². The van der Waals surface area contributed by atoms with Gasteiger partial charge >= 0.3 is 0 Å². The average Bonchev–Trinajstić information content (AvgIpc) is 3.30. The number of anilines is 2. The molecule has 3 aliphatic carbocycles. The summed E-state index contributed by atoms with van der Waals surface area (Å²) < 4.78 is 13.1. The lowest BCUT2D eigenvalue weighted by Crippen LogP contribution is -2.48. The minimum absolute atomic E-state index is 0.222. The van der Waals surface area contributed by atoms with Gasteiger partial charge in [0.05, 0.1) is 0 Å². The van der Waals surface area contributed by atoms with Crippen molar-refractivity contribution in [2.75, 3.05) is 10.6 Å². The van der Waals surface area contributed by atoms with Crippen molar-refractivity contribution in [2.24, 2.45) is 22.2 Å². The van der Waals surface area contributed by atoms with Crippen molar-refractivity contribution in [1.82, 2.24) is 10.2 Å². The fourth-order valence-electron chi connectivity index (χ4n) is 6.90. The van der Waals surface area contributed by atoms with Gasteiger partial charge in [0, 0.05) is 22.9 Å². The molecule has 0 radical (unpaired) electrons. The number of hydrogen-bond acceptors (Lipinski definition) is 2. The summed E-state index contributed by atoms with van der Waals surface area (Å²) in [5.41, 5.74) is 4.20. The third kappa shape index (κ3) is 2.61. The SMILES string of the molecule is CC1(C)C2CCC3(C2)C1c1[nH]nc(NC(=S)Nc2ccc(F)cc2)c1CC3(C)C. The molecule has 3 unspecified atom stereocenters. The molecule has 0 amide bonds. The van der Waals surface area contributed by atoms with Crippen molar-refractivity contribution >= 4 is 28.8 Å². The molecule has 2 fully saturated rings. The first-order valence-electron chi connectivity index (χ1n) is 10.5. The number of aromatic amines is 1. The van der Waals surface area contributed by atoms with Crippen molar-refractivity contribution in [3.05, 3.63) is 41.3 Å². The molecule has 2 saturated carbocycles. The van der Waals surface area contributed by atoms with Crippen LogP contribution in [0.2, 0.25) is 0 Å². The lowest BCUT2D eigenvalue weighted by atomic mass is 9.49. The highest BCUT2D eigenvalue weighted by Gasteiger charge is 2.69. The summed E-state index contributed by atoms with van der Waals surface area (Å²) >= 11 is 5.50. The normalized spacial score (nSPS) is 30.5. The van der Waals surface area contributed by atoms with Crippen LogP contribution in [0.5, 0.6) is 0 Å². The second-order valence-corrected chi connectivity index (χ2v) is 10.9. The molecule has 3 aliphatic rings. The van der Waals surface area contributed by atoms with Gasteiger partial charge in [-0.2, -0.15) is 5.10 Å². The number of thiocarbonyl (C=S) groups is 1. The van der Waals surface area contributed by atoms with Crippen LogP contribution < -0.4 is 10.6 Å². The molecule has 2 aromatic rings. The first kappa shape index (κ1) is 19.0. The van der Waals surface area contributed by atoms with Gasteiger partial charge in [0.15, 0.2) is 10.9 Å². The molecule has 5 rings (SSSR count). The fourth-order valence-corrected chi connectivity index (χ4v) is 7.11. The molecular weight excluding hydrogens is 383 g/mol. The minimum atomic E-state index is -0.263. The van der Waals surface area contributed by atoms with Crippen LogP contribution >= 0.6 is 12.2 Å². The third-order valence-corrected chi connectivity index (χ3v) is 8.59. The van der Waals surface area contributed by atoms with E-state index in [0.29, 0.717) is 16.4 Å². The number of aromatic nitrogens is 2. The predicted octanol–water partition coefficient (Wildman–Crippen LogP) is 5.85. The highest BCUT2D eigenvalue weighted by molar-refractivity contribution is 7.80. The number of halogens is 1. The summed E-state index contributed by atoms with van der Waals surface area (Å²) in [6, 6.07) is 6.18. The number of benzene rings is 1. The number of rotatable bonds is 2. The Morgan fingerprint density at radius 3 is 2.62 bits per heavy atom. The van der Waals surface area contributed by atoms with Gasteiger partial charge in [0.2, 0.25) is 0 Å². The number of nitrogens with zero attached hydrogens (tertiary/aromatic N) is 1. The zero-order valence-corrected chi connectivity index (χ0v) is 18.3. The van der Waals surface area contributed by atoms with E-state index < -0.39 is 0 Å². The molecule has 4 nitrogen and oxygen atoms in total. The molecule has 0 aliphatic heterocycles. The van der Waals surface area contributed by atoms with E-state index >= 15 is 0 Å². The number of hydrogen-bond donors (Lipinski definition) is 3. The van der Waals surface area contributed by atoms with Gasteiger partial charge in [-0.05, 0) is 84.3 Å². The standard InChI is InChI=1S/C23H29FN4S/c1-21(2)12-16-17(18-22(3,4)13-9-10-23(18,21)11-13)27-28-19(16)26-20(29)25-15-7-5-14(24)6-8-15/h5-8,13,18H,9-12H2,1-4H3,(H3,25,26,27,28,29). The summed E-state index contributed by atoms with van der Waals surface area (Å²) in [7, 11) is 0. The van der Waals surface area contributed by atoms with Gasteiger partial charge in [-0.25, -0.2) is 4.39 Å². The van der Waals surface area contributed by atoms with Crippen molar-refractivity contribution < 1.29 is 4.39 Å². The Balaban J connectivity index is 1.45. The molecule has 3 N–H and O–H groups in total. The van der Waals surface area contributed by atoms with E-state index in [4.69, 9.17) is 12.2 Å². The van der Waals surface area contributed by atoms with Crippen molar-refractivity contribution in [2.45, 2.75) is 59.3 Å². The maximum atomic E-state index is 13.1. The molecule has 154 valence electrons. The Kier molecular flexibility index (Phi) is 3.96. The molecule has 6 heteroatoms. The van der Waals surface area contributed by atoms with Gasteiger partial charge in [0.1, 0.15) is 5.82 Å². The maximum absolute atomic E-state index is 13.1. The van der Waals surface area contributed by atoms with E-state index in [2.05, 4.69) is 48.5 Å². The summed E-state index contributed by atoms with van der Waals surface area (Å²) in [4.78, 5) is 0. The van der Waals surface area contributed by atoms with E-state index in [0.717, 1.165) is 23.8 Å². The van der Waals surface area contributed by atoms with Gasteiger partial charge in [-0.15, -0.1) is 0 Å². The molecular formula is C23H29FN4S. The zero-order valence-electron chi connectivity index (χ0n) is 17.5. The number of fused-ring (bicyclic) bond motifs is 3. The summed E-state index contributed by atoms with van der Waals surface area (Å²) in [5.74, 6) is 1.86. The Labute approximate surface area is 177 Å². The average molecular weight is 413 g/mol. The molecule has 1 spiro atoms. The summed E-state index contributed by atoms with van der Waals surface area (Å²) in [5, 5.41) is 14.9. The molecule has 1 aromatic carbocycles. The van der Waals surface area contributed by atoms with Gasteiger partial charge < -0.3 is 10.6 Å². The maximum Gasteiger partial charge on any atom is 0.176 e. The van der Waals surface area contributed by atoms with Gasteiger partial charge in [0.25, 0.3) is 0 Å². The number of H-pyrrole nitrogens is 1. The first-order chi connectivity index (χ1) is 13.6. The molecule has 1 heterocycles. The smallest absolute Gasteiger partial charge is 0.176 e. The van der Waals surface area contributed by atoms with Crippen LogP contribution in [-0.2, 0) is 6.42 Å². The van der Waals surface area contributed by atoms with Gasteiger partial charge in [-0.3, -0.25) is 5.10 Å². The topological polar surface area (TPSA) is 52.7 Å². The lowest BCUT2D eigenvalue weighted by Gasteiger charge is -2.55. The van der Waals surface area contributed by atoms with E-state index in [1.807, 2.05) is 0 Å². The van der Waals surface area contributed by atoms with Crippen LogP contribution in [0, 0.1) is 28.0 Å². The second-order valence-electron chi connectivity index (χ2n) is 10.5. The lowest BCUT2D eigenvalue weighted by molar-refractivity contribution is 0.00353. The molecule has 3 atom stereocenters. The van der Waals surface area contributed by atoms with Crippen molar-refractivity contribution in [1.29, 1.82) is 0 Å². The predicted molar refractivity (Wildman–Crippen MR) is 119 cm³/mol. The van der Waals surface area contributed by atoms with Gasteiger partial charge in [-0.1, -0.05) is 27.7 Å². The van der Waals surface area contributed by atoms with E-state index in [1.165, 1.54) is 42.7 Å². The second kappa shape index (κ2) is 6.03. The minimum Gasteiger partial charge on any atom is -0.332 e. The largest absolute Gasteiger partial charge is 0.332 e. The molecule has 0 saturated heterocycles. The van der Waals surface area contributed by atoms with E-state index in [1.54, 1.807) is 12.1 Å². The highest BCUT2D eigenvalue weighted by atomic mass is 32.1. The highest BCUT2D eigenvalue weighted by Crippen LogP contribution is 2.77. The third-order valence-electron chi connectivity index (χ3n) is 8.39.